The lowest BCUT2D eigenvalue weighted by Gasteiger charge is -2.05. The van der Waals surface area contributed by atoms with Gasteiger partial charge in [-0.15, -0.1) is 0 Å². The molecule has 0 aliphatic heterocycles. The Balaban J connectivity index is 2.54. The van der Waals surface area contributed by atoms with Crippen molar-refractivity contribution in [3.63, 3.8) is 0 Å². The molecule has 5 heteroatoms. The van der Waals surface area contributed by atoms with Crippen LogP contribution in [0.4, 0.5) is 4.39 Å². The molecule has 0 saturated heterocycles. The predicted molar refractivity (Wildman–Crippen MR) is 61.2 cm³/mol. The zero-order chi connectivity index (χ0) is 12.4. The fraction of sp³-hybridized carbons (Fsp3) is 0.250. The Morgan fingerprint density at radius 3 is 2.82 bits per heavy atom. The first-order valence-electron chi connectivity index (χ1n) is 5.16. The van der Waals surface area contributed by atoms with E-state index >= 15 is 0 Å². The van der Waals surface area contributed by atoms with E-state index in [0.717, 1.165) is 5.69 Å². The van der Waals surface area contributed by atoms with E-state index in [-0.39, 0.29) is 12.4 Å². The molecular weight excluding hydrogens is 223 g/mol. The summed E-state index contributed by atoms with van der Waals surface area (Å²) in [5.74, 6) is 0.660. The predicted octanol–water partition coefficient (Wildman–Crippen LogP) is 2.03. The first kappa shape index (κ1) is 11.6. The summed E-state index contributed by atoms with van der Waals surface area (Å²) in [7, 11) is 1.51. The maximum atomic E-state index is 13.2. The molecule has 90 valence electrons. The molecule has 0 radical (unpaired) electrons. The first-order chi connectivity index (χ1) is 8.15. The van der Waals surface area contributed by atoms with Crippen molar-refractivity contribution < 1.29 is 14.2 Å². The van der Waals surface area contributed by atoms with E-state index in [1.54, 1.807) is 13.0 Å². The minimum atomic E-state index is -0.361. The van der Waals surface area contributed by atoms with Gasteiger partial charge in [-0.2, -0.15) is 0 Å². The number of nitrogens with one attached hydrogen (secondary N) is 1. The van der Waals surface area contributed by atoms with E-state index in [1.807, 2.05) is 0 Å². The van der Waals surface area contributed by atoms with E-state index in [0.29, 0.717) is 22.8 Å². The minimum absolute atomic E-state index is 0.153. The van der Waals surface area contributed by atoms with Crippen molar-refractivity contribution in [3.05, 3.63) is 35.4 Å². The monoisotopic (exact) mass is 236 g/mol. The molecule has 0 fully saturated rings. The molecule has 4 nitrogen and oxygen atoms in total. The number of halogens is 1. The van der Waals surface area contributed by atoms with Gasteiger partial charge in [0, 0.05) is 5.69 Å². The molecule has 1 aromatic carbocycles. The number of aryl methyl sites for hydroxylation is 1. The molecule has 0 amide bonds. The van der Waals surface area contributed by atoms with Crippen molar-refractivity contribution >= 4 is 0 Å². The molecule has 2 aromatic rings. The highest BCUT2D eigenvalue weighted by Gasteiger charge is 2.13. The minimum Gasteiger partial charge on any atom is -0.496 e. The van der Waals surface area contributed by atoms with Gasteiger partial charge in [0.1, 0.15) is 17.4 Å². The average Bonchev–Trinajstić information content (AvgIpc) is 2.70. The number of aromatic amines is 1. The lowest BCUT2D eigenvalue weighted by Crippen LogP contribution is -1.91. The highest BCUT2D eigenvalue weighted by molar-refractivity contribution is 5.64. The number of aliphatic hydroxyl groups excluding tert-OH is 1. The lowest BCUT2D eigenvalue weighted by molar-refractivity contribution is 0.276. The van der Waals surface area contributed by atoms with Crippen molar-refractivity contribution in [2.75, 3.05) is 7.11 Å². The van der Waals surface area contributed by atoms with Gasteiger partial charge in [0.05, 0.1) is 25.0 Å². The van der Waals surface area contributed by atoms with Gasteiger partial charge in [-0.1, -0.05) is 0 Å². The second-order valence-electron chi connectivity index (χ2n) is 3.66. The van der Waals surface area contributed by atoms with Crippen LogP contribution in [0.2, 0.25) is 0 Å². The second kappa shape index (κ2) is 4.55. The van der Waals surface area contributed by atoms with Crippen molar-refractivity contribution in [2.24, 2.45) is 0 Å². The Bertz CT molecular complexity index is 537. The van der Waals surface area contributed by atoms with E-state index in [1.165, 1.54) is 19.2 Å². The summed E-state index contributed by atoms with van der Waals surface area (Å²) in [6.07, 6.45) is 0. The molecule has 2 N–H and O–H groups in total. The number of H-pyrrole nitrogens is 1. The van der Waals surface area contributed by atoms with E-state index in [2.05, 4.69) is 9.97 Å². The van der Waals surface area contributed by atoms with Crippen LogP contribution in [-0.2, 0) is 6.61 Å². The third-order valence-corrected chi connectivity index (χ3v) is 2.55. The third-order valence-electron chi connectivity index (χ3n) is 2.55. The Morgan fingerprint density at radius 2 is 2.24 bits per heavy atom. The van der Waals surface area contributed by atoms with E-state index in [9.17, 15) is 4.39 Å². The molecule has 0 bridgehead atoms. The Morgan fingerprint density at radius 1 is 1.47 bits per heavy atom. The van der Waals surface area contributed by atoms with Crippen molar-refractivity contribution in [1.82, 2.24) is 9.97 Å². The number of aromatic nitrogens is 2. The largest absolute Gasteiger partial charge is 0.496 e. The highest BCUT2D eigenvalue weighted by Crippen LogP contribution is 2.29. The van der Waals surface area contributed by atoms with Gasteiger partial charge >= 0.3 is 0 Å². The van der Waals surface area contributed by atoms with E-state index < -0.39 is 0 Å². The number of imidazole rings is 1. The SMILES string of the molecule is COc1ccc(F)cc1-c1nc(CO)c(C)[nH]1. The molecule has 17 heavy (non-hydrogen) atoms. The zero-order valence-electron chi connectivity index (χ0n) is 9.62. The number of nitrogens with zero attached hydrogens (tertiary/aromatic N) is 1. The van der Waals surface area contributed by atoms with Gasteiger partial charge < -0.3 is 14.8 Å². The standard InChI is InChI=1S/C12H13FN2O2/c1-7-10(6-16)15-12(14-7)9-5-8(13)3-4-11(9)17-2/h3-5,16H,6H2,1-2H3,(H,14,15). The number of hydrogen-bond acceptors (Lipinski definition) is 3. The van der Waals surface area contributed by atoms with Crippen molar-refractivity contribution in [3.8, 4) is 17.1 Å². The molecule has 0 spiro atoms. The maximum Gasteiger partial charge on any atom is 0.141 e. The third kappa shape index (κ3) is 2.14. The molecule has 0 atom stereocenters. The topological polar surface area (TPSA) is 58.1 Å². The Labute approximate surface area is 98.1 Å². The van der Waals surface area contributed by atoms with Crippen LogP contribution in [0.1, 0.15) is 11.4 Å². The van der Waals surface area contributed by atoms with Gasteiger partial charge in [-0.25, -0.2) is 9.37 Å². The van der Waals surface area contributed by atoms with Gasteiger partial charge in [-0.05, 0) is 25.1 Å². The number of ether oxygens (including phenoxy) is 1. The van der Waals surface area contributed by atoms with Gasteiger partial charge in [0.15, 0.2) is 0 Å². The van der Waals surface area contributed by atoms with E-state index in [4.69, 9.17) is 9.84 Å². The normalized spacial score (nSPS) is 10.6. The van der Waals surface area contributed by atoms with Crippen LogP contribution in [0.15, 0.2) is 18.2 Å². The lowest BCUT2D eigenvalue weighted by atomic mass is 10.2. The summed E-state index contributed by atoms with van der Waals surface area (Å²) < 4.78 is 18.4. The molecule has 2 rings (SSSR count). The van der Waals surface area contributed by atoms with Crippen LogP contribution in [0.25, 0.3) is 11.4 Å². The first-order valence-corrected chi connectivity index (χ1v) is 5.16. The van der Waals surface area contributed by atoms with Crippen LogP contribution >= 0.6 is 0 Å². The zero-order valence-corrected chi connectivity index (χ0v) is 9.62. The summed E-state index contributed by atoms with van der Waals surface area (Å²) in [6.45, 7) is 1.65. The number of aliphatic hydroxyl groups is 1. The van der Waals surface area contributed by atoms with Crippen molar-refractivity contribution in [2.45, 2.75) is 13.5 Å². The smallest absolute Gasteiger partial charge is 0.141 e. The molecular formula is C12H13FN2O2. The summed E-state index contributed by atoms with van der Waals surface area (Å²) in [4.78, 5) is 7.19. The summed E-state index contributed by atoms with van der Waals surface area (Å²) >= 11 is 0. The van der Waals surface area contributed by atoms with Crippen LogP contribution in [0, 0.1) is 12.7 Å². The molecule has 0 saturated carbocycles. The molecule has 0 aliphatic carbocycles. The van der Waals surface area contributed by atoms with Crippen molar-refractivity contribution in [1.29, 1.82) is 0 Å². The summed E-state index contributed by atoms with van der Waals surface area (Å²) in [6, 6.07) is 4.21. The summed E-state index contributed by atoms with van der Waals surface area (Å²) in [5, 5.41) is 9.07. The molecule has 0 aliphatic rings. The van der Waals surface area contributed by atoms with Crippen LogP contribution < -0.4 is 4.74 Å². The van der Waals surface area contributed by atoms with Gasteiger partial charge in [0.25, 0.3) is 0 Å². The van der Waals surface area contributed by atoms with Gasteiger partial charge in [0.2, 0.25) is 0 Å². The fourth-order valence-electron chi connectivity index (χ4n) is 1.64. The van der Waals surface area contributed by atoms with Crippen LogP contribution in [0.3, 0.4) is 0 Å². The number of rotatable bonds is 3. The second-order valence-corrected chi connectivity index (χ2v) is 3.66. The number of benzene rings is 1. The molecule has 1 heterocycles. The number of methoxy groups -OCH3 is 1. The Kier molecular flexibility index (Phi) is 3.10. The summed E-state index contributed by atoms with van der Waals surface area (Å²) in [5.41, 5.74) is 1.84. The van der Waals surface area contributed by atoms with Crippen LogP contribution in [-0.4, -0.2) is 22.2 Å². The molecule has 0 unspecified atom stereocenters. The quantitative estimate of drug-likeness (QED) is 0.857. The number of hydrogen-bond donors (Lipinski definition) is 2. The van der Waals surface area contributed by atoms with Gasteiger partial charge in [-0.3, -0.25) is 0 Å². The average molecular weight is 236 g/mol. The fourth-order valence-corrected chi connectivity index (χ4v) is 1.64. The van der Waals surface area contributed by atoms with Crippen LogP contribution in [0.5, 0.6) is 5.75 Å². The Hall–Kier alpha value is -1.88. The highest BCUT2D eigenvalue weighted by atomic mass is 19.1. The molecule has 1 aromatic heterocycles. The maximum absolute atomic E-state index is 13.2.